The molecule has 0 aliphatic heterocycles. The number of rotatable bonds is 3. The molecule has 0 aromatic heterocycles. The summed E-state index contributed by atoms with van der Waals surface area (Å²) in [4.78, 5) is 33.1. The van der Waals surface area contributed by atoms with Gasteiger partial charge >= 0.3 is 11.9 Å². The first-order chi connectivity index (χ1) is 7.47. The van der Waals surface area contributed by atoms with Gasteiger partial charge in [0.1, 0.15) is 0 Å². The topological polar surface area (TPSA) is 69.7 Å². The summed E-state index contributed by atoms with van der Waals surface area (Å²) in [5, 5.41) is 0. The number of carbonyl (C=O) groups is 3. The van der Waals surface area contributed by atoms with E-state index in [1.165, 1.54) is 38.3 Å². The van der Waals surface area contributed by atoms with Gasteiger partial charge in [0, 0.05) is 6.92 Å². The van der Waals surface area contributed by atoms with E-state index in [0.717, 1.165) is 0 Å². The van der Waals surface area contributed by atoms with Crippen molar-refractivity contribution in [2.75, 3.05) is 7.11 Å². The molecular formula is C11H12O5. The molecule has 0 N–H and O–H groups in total. The van der Waals surface area contributed by atoms with E-state index in [4.69, 9.17) is 4.74 Å². The molecule has 5 nitrogen and oxygen atoms in total. The molecule has 5 heteroatoms. The van der Waals surface area contributed by atoms with Crippen molar-refractivity contribution >= 4 is 17.7 Å². The molecule has 0 aromatic rings. The van der Waals surface area contributed by atoms with Crippen LogP contribution in [0.3, 0.4) is 0 Å². The number of ether oxygens (including phenoxy) is 2. The highest BCUT2D eigenvalue weighted by Crippen LogP contribution is 2.24. The molecule has 0 unspecified atom stereocenters. The average Bonchev–Trinajstić information content (AvgIpc) is 2.21. The maximum absolute atomic E-state index is 11.2. The van der Waals surface area contributed by atoms with Crippen LogP contribution >= 0.6 is 0 Å². The van der Waals surface area contributed by atoms with E-state index < -0.39 is 17.5 Å². The zero-order valence-corrected chi connectivity index (χ0v) is 9.06. The Balaban J connectivity index is 2.90. The number of esters is 2. The summed E-state index contributed by atoms with van der Waals surface area (Å²) in [6.45, 7) is 1.23. The van der Waals surface area contributed by atoms with Gasteiger partial charge < -0.3 is 9.47 Å². The predicted octanol–water partition coefficient (Wildman–Crippen LogP) is 0.546. The molecule has 0 radical (unpaired) electrons. The van der Waals surface area contributed by atoms with Crippen molar-refractivity contribution in [3.8, 4) is 0 Å². The molecule has 0 fully saturated rings. The van der Waals surface area contributed by atoms with Crippen LogP contribution in [0.15, 0.2) is 24.3 Å². The van der Waals surface area contributed by atoms with E-state index >= 15 is 0 Å². The highest BCUT2D eigenvalue weighted by atomic mass is 16.6. The Kier molecular flexibility index (Phi) is 3.60. The standard InChI is InChI=1S/C11H12O5/c1-8(12)16-11(7-10(14)15-2)5-3-9(13)4-6-11/h3-6H,7H2,1-2H3. The number of ketones is 1. The van der Waals surface area contributed by atoms with Crippen molar-refractivity contribution in [2.24, 2.45) is 0 Å². The number of carbonyl (C=O) groups excluding carboxylic acids is 3. The van der Waals surface area contributed by atoms with Crippen LogP contribution in [-0.2, 0) is 23.9 Å². The monoisotopic (exact) mass is 224 g/mol. The van der Waals surface area contributed by atoms with Gasteiger partial charge in [0.15, 0.2) is 11.4 Å². The lowest BCUT2D eigenvalue weighted by atomic mass is 9.93. The van der Waals surface area contributed by atoms with Crippen molar-refractivity contribution in [3.63, 3.8) is 0 Å². The molecule has 1 rings (SSSR count). The fourth-order valence-corrected chi connectivity index (χ4v) is 1.34. The van der Waals surface area contributed by atoms with Gasteiger partial charge in [0.2, 0.25) is 0 Å². The Bertz CT molecular complexity index is 362. The highest BCUT2D eigenvalue weighted by molar-refractivity contribution is 6.01. The minimum atomic E-state index is -1.20. The summed E-state index contributed by atoms with van der Waals surface area (Å²) in [5.41, 5.74) is -1.20. The predicted molar refractivity (Wildman–Crippen MR) is 54.4 cm³/mol. The van der Waals surface area contributed by atoms with Gasteiger partial charge in [-0.15, -0.1) is 0 Å². The van der Waals surface area contributed by atoms with Crippen LogP contribution in [0.5, 0.6) is 0 Å². The fourth-order valence-electron chi connectivity index (χ4n) is 1.34. The first-order valence-electron chi connectivity index (χ1n) is 4.66. The number of methoxy groups -OCH3 is 1. The maximum atomic E-state index is 11.2. The summed E-state index contributed by atoms with van der Waals surface area (Å²) in [7, 11) is 1.24. The lowest BCUT2D eigenvalue weighted by molar-refractivity contribution is -0.155. The zero-order chi connectivity index (χ0) is 12.2. The minimum absolute atomic E-state index is 0.149. The lowest BCUT2D eigenvalue weighted by Crippen LogP contribution is -2.35. The van der Waals surface area contributed by atoms with Crippen LogP contribution in [0.4, 0.5) is 0 Å². The van der Waals surface area contributed by atoms with Crippen molar-refractivity contribution in [2.45, 2.75) is 18.9 Å². The third-order valence-electron chi connectivity index (χ3n) is 2.04. The summed E-state index contributed by atoms with van der Waals surface area (Å²) in [6, 6.07) is 0. The van der Waals surface area contributed by atoms with Crippen LogP contribution in [-0.4, -0.2) is 30.4 Å². The smallest absolute Gasteiger partial charge is 0.310 e. The molecule has 0 saturated heterocycles. The van der Waals surface area contributed by atoms with Gasteiger partial charge in [-0.3, -0.25) is 14.4 Å². The van der Waals surface area contributed by atoms with E-state index in [-0.39, 0.29) is 12.2 Å². The van der Waals surface area contributed by atoms with E-state index in [2.05, 4.69) is 4.74 Å². The summed E-state index contributed by atoms with van der Waals surface area (Å²) >= 11 is 0. The van der Waals surface area contributed by atoms with Gasteiger partial charge in [-0.2, -0.15) is 0 Å². The second-order valence-electron chi connectivity index (χ2n) is 3.37. The quantitative estimate of drug-likeness (QED) is 0.654. The van der Waals surface area contributed by atoms with Crippen molar-refractivity contribution in [3.05, 3.63) is 24.3 Å². The van der Waals surface area contributed by atoms with Crippen molar-refractivity contribution in [1.82, 2.24) is 0 Å². The molecule has 86 valence electrons. The molecule has 0 bridgehead atoms. The van der Waals surface area contributed by atoms with Gasteiger partial charge in [-0.1, -0.05) is 0 Å². The SMILES string of the molecule is COC(=O)CC1(OC(C)=O)C=CC(=O)C=C1. The summed E-state index contributed by atoms with van der Waals surface area (Å²) < 4.78 is 9.54. The second kappa shape index (κ2) is 4.74. The zero-order valence-electron chi connectivity index (χ0n) is 9.06. The van der Waals surface area contributed by atoms with Crippen molar-refractivity contribution < 1.29 is 23.9 Å². The Morgan fingerprint density at radius 2 is 1.88 bits per heavy atom. The van der Waals surface area contributed by atoms with Gasteiger partial charge in [-0.05, 0) is 24.3 Å². The summed E-state index contributed by atoms with van der Waals surface area (Å²) in [5.74, 6) is -1.27. The largest absolute Gasteiger partial charge is 0.469 e. The molecular weight excluding hydrogens is 212 g/mol. The van der Waals surface area contributed by atoms with Crippen LogP contribution in [0.1, 0.15) is 13.3 Å². The molecule has 0 atom stereocenters. The Morgan fingerprint density at radius 1 is 1.31 bits per heavy atom. The van der Waals surface area contributed by atoms with E-state index in [1.54, 1.807) is 0 Å². The molecule has 1 aliphatic carbocycles. The molecule has 16 heavy (non-hydrogen) atoms. The highest BCUT2D eigenvalue weighted by Gasteiger charge is 2.33. The van der Waals surface area contributed by atoms with Crippen molar-refractivity contribution in [1.29, 1.82) is 0 Å². The van der Waals surface area contributed by atoms with E-state index in [0.29, 0.717) is 0 Å². The first-order valence-corrected chi connectivity index (χ1v) is 4.66. The third kappa shape index (κ3) is 3.05. The molecule has 0 heterocycles. The van der Waals surface area contributed by atoms with Gasteiger partial charge in [0.25, 0.3) is 0 Å². The third-order valence-corrected chi connectivity index (χ3v) is 2.04. The van der Waals surface area contributed by atoms with E-state index in [9.17, 15) is 14.4 Å². The first kappa shape index (κ1) is 12.2. The van der Waals surface area contributed by atoms with Crippen LogP contribution < -0.4 is 0 Å². The number of hydrogen-bond acceptors (Lipinski definition) is 5. The Labute approximate surface area is 92.7 Å². The van der Waals surface area contributed by atoms with Crippen LogP contribution in [0, 0.1) is 0 Å². The fraction of sp³-hybridized carbons (Fsp3) is 0.364. The Hall–Kier alpha value is -1.91. The molecule has 1 aliphatic rings. The summed E-state index contributed by atoms with van der Waals surface area (Å²) in [6.07, 6.45) is 5.13. The lowest BCUT2D eigenvalue weighted by Gasteiger charge is -2.27. The Morgan fingerprint density at radius 3 is 2.31 bits per heavy atom. The molecule has 0 saturated carbocycles. The number of hydrogen-bond donors (Lipinski definition) is 0. The average molecular weight is 224 g/mol. The molecule has 0 aromatic carbocycles. The normalized spacial score (nSPS) is 17.0. The van der Waals surface area contributed by atoms with Crippen LogP contribution in [0.2, 0.25) is 0 Å². The minimum Gasteiger partial charge on any atom is -0.469 e. The maximum Gasteiger partial charge on any atom is 0.310 e. The molecule has 0 spiro atoms. The van der Waals surface area contributed by atoms with E-state index in [1.807, 2.05) is 0 Å². The second-order valence-corrected chi connectivity index (χ2v) is 3.37. The molecule has 0 amide bonds. The number of allylic oxidation sites excluding steroid dienone is 2. The van der Waals surface area contributed by atoms with Gasteiger partial charge in [0.05, 0.1) is 13.5 Å². The van der Waals surface area contributed by atoms with Gasteiger partial charge in [-0.25, -0.2) is 0 Å². The van der Waals surface area contributed by atoms with Crippen LogP contribution in [0.25, 0.3) is 0 Å².